The van der Waals surface area contributed by atoms with E-state index in [2.05, 4.69) is 32.2 Å². The summed E-state index contributed by atoms with van der Waals surface area (Å²) < 4.78 is 59.0. The van der Waals surface area contributed by atoms with Gasteiger partial charge in [0.1, 0.15) is 17.4 Å². The number of primary amides is 1. The van der Waals surface area contributed by atoms with Crippen molar-refractivity contribution in [1.82, 2.24) is 15.2 Å². The number of rotatable bonds is 13. The Morgan fingerprint density at radius 3 is 2.37 bits per heavy atom. The van der Waals surface area contributed by atoms with E-state index >= 15 is 0 Å². The Labute approximate surface area is 273 Å². The molecule has 0 saturated carbocycles. The maximum atomic E-state index is 14.3. The first kappa shape index (κ1) is 36.5. The first-order valence-corrected chi connectivity index (χ1v) is 16.6. The number of pyridine rings is 1. The molecule has 0 radical (unpaired) electrons. The smallest absolute Gasteiger partial charge is 0.319 e. The molecule has 5 N–H and O–H groups in total. The van der Waals surface area contributed by atoms with Gasteiger partial charge in [0.2, 0.25) is 15.9 Å². The molecular formula is C31H39ClF2N6O5S. The third-order valence-electron chi connectivity index (χ3n) is 7.54. The van der Waals surface area contributed by atoms with Crippen LogP contribution >= 0.6 is 12.4 Å². The zero-order valence-electron chi connectivity index (χ0n) is 25.6. The number of sulfonamides is 1. The van der Waals surface area contributed by atoms with Crippen molar-refractivity contribution < 1.29 is 31.5 Å². The highest BCUT2D eigenvalue weighted by Gasteiger charge is 2.28. The molecule has 2 heterocycles. The Morgan fingerprint density at radius 2 is 1.78 bits per heavy atom. The van der Waals surface area contributed by atoms with Crippen LogP contribution in [0.15, 0.2) is 54.7 Å². The molecule has 3 aromatic rings. The molecule has 3 amide bonds. The molecule has 0 bridgehead atoms. The Morgan fingerprint density at radius 1 is 1.09 bits per heavy atom. The number of benzene rings is 2. The predicted octanol–water partition coefficient (Wildman–Crippen LogP) is 5.64. The molecule has 4 rings (SSSR count). The van der Waals surface area contributed by atoms with E-state index in [-0.39, 0.29) is 30.1 Å². The molecule has 1 saturated heterocycles. The van der Waals surface area contributed by atoms with Crippen LogP contribution in [-0.4, -0.2) is 55.6 Å². The number of nitrogens with two attached hydrogens (primary N) is 1. The lowest BCUT2D eigenvalue weighted by Gasteiger charge is -2.36. The molecule has 1 aliphatic rings. The number of hydrogen-bond acceptors (Lipinski definition) is 7. The Kier molecular flexibility index (Phi) is 13.1. The van der Waals surface area contributed by atoms with Gasteiger partial charge in [0.15, 0.2) is 0 Å². The quantitative estimate of drug-likeness (QED) is 0.182. The number of carbonyl (C=O) groups is 2. The van der Waals surface area contributed by atoms with Gasteiger partial charge in [-0.15, -0.1) is 12.4 Å². The number of halogens is 3. The highest BCUT2D eigenvalue weighted by atomic mass is 35.5. The van der Waals surface area contributed by atoms with E-state index in [0.717, 1.165) is 63.1 Å². The van der Waals surface area contributed by atoms with E-state index in [1.807, 2.05) is 6.07 Å². The van der Waals surface area contributed by atoms with Crippen molar-refractivity contribution in [2.75, 3.05) is 29.4 Å². The molecule has 1 aliphatic heterocycles. The molecule has 1 atom stereocenters. The van der Waals surface area contributed by atoms with E-state index in [1.165, 1.54) is 0 Å². The second kappa shape index (κ2) is 16.5. The predicted molar refractivity (Wildman–Crippen MR) is 175 cm³/mol. The third kappa shape index (κ3) is 10.8. The van der Waals surface area contributed by atoms with Gasteiger partial charge in [0.05, 0.1) is 17.5 Å². The largest absolute Gasteiger partial charge is 0.439 e. The first-order valence-electron chi connectivity index (χ1n) is 14.7. The molecule has 2 aromatic carbocycles. The van der Waals surface area contributed by atoms with Crippen molar-refractivity contribution >= 4 is 45.7 Å². The number of nitrogens with zero attached hydrogens (tertiary/aromatic N) is 2. The number of piperidine rings is 1. The van der Waals surface area contributed by atoms with Gasteiger partial charge < -0.3 is 21.1 Å². The van der Waals surface area contributed by atoms with Crippen molar-refractivity contribution in [2.45, 2.75) is 51.6 Å². The van der Waals surface area contributed by atoms with Gasteiger partial charge in [-0.05, 0) is 74.2 Å². The van der Waals surface area contributed by atoms with Crippen molar-refractivity contribution in [3.8, 4) is 11.6 Å². The fourth-order valence-electron chi connectivity index (χ4n) is 5.27. The number of ether oxygens (including phenoxy) is 1. The van der Waals surface area contributed by atoms with Gasteiger partial charge in [0, 0.05) is 36.6 Å². The average molecular weight is 681 g/mol. The van der Waals surface area contributed by atoms with Crippen LogP contribution in [0.25, 0.3) is 0 Å². The van der Waals surface area contributed by atoms with Crippen LogP contribution in [-0.2, 0) is 16.6 Å². The second-order valence-electron chi connectivity index (χ2n) is 11.1. The third-order valence-corrected chi connectivity index (χ3v) is 8.15. The molecule has 1 unspecified atom stereocenters. The lowest BCUT2D eigenvalue weighted by atomic mass is 9.86. The molecule has 1 aromatic heterocycles. The van der Waals surface area contributed by atoms with Gasteiger partial charge >= 0.3 is 6.03 Å². The van der Waals surface area contributed by atoms with Gasteiger partial charge in [0.25, 0.3) is 5.91 Å². The number of aromatic nitrogens is 1. The second-order valence-corrected chi connectivity index (χ2v) is 12.9. The monoisotopic (exact) mass is 680 g/mol. The van der Waals surface area contributed by atoms with Crippen molar-refractivity contribution in [2.24, 2.45) is 11.7 Å². The van der Waals surface area contributed by atoms with E-state index < -0.39 is 39.2 Å². The number of amides is 3. The Hall–Kier alpha value is -4.01. The van der Waals surface area contributed by atoms with E-state index in [0.29, 0.717) is 29.9 Å². The standard InChI is InChI=1S/C31H38F2N6O5S.ClH/c1-3-4-5-27(36-31(41)37-28-16-24(30(34)40)25(32)17-26(28)33)21-12-14-39(15-13-21)19-20-6-11-29(35-18-20)44-23-9-7-22(8-10-23)38-45(2,42)43;/h6-11,16-18,21,27,38H,3-5,12-15,19H2,1-2H3,(H2,34,40)(H2,36,37,41);1H. The molecule has 0 aliphatic carbocycles. The summed E-state index contributed by atoms with van der Waals surface area (Å²) in [4.78, 5) is 31.0. The summed E-state index contributed by atoms with van der Waals surface area (Å²) in [6, 6.07) is 10.9. The zero-order valence-corrected chi connectivity index (χ0v) is 27.2. The number of urea groups is 1. The number of hydrogen-bond donors (Lipinski definition) is 4. The average Bonchev–Trinajstić information content (AvgIpc) is 2.98. The fraction of sp³-hybridized carbons (Fsp3) is 0.387. The summed E-state index contributed by atoms with van der Waals surface area (Å²) in [6.45, 7) is 4.40. The summed E-state index contributed by atoms with van der Waals surface area (Å²) in [6.07, 6.45) is 7.16. The highest BCUT2D eigenvalue weighted by Crippen LogP contribution is 2.27. The van der Waals surface area contributed by atoms with Crippen molar-refractivity contribution in [3.63, 3.8) is 0 Å². The van der Waals surface area contributed by atoms with Crippen LogP contribution in [0.1, 0.15) is 54.9 Å². The zero-order chi connectivity index (χ0) is 32.6. The van der Waals surface area contributed by atoms with Crippen LogP contribution in [0.3, 0.4) is 0 Å². The minimum atomic E-state index is -3.36. The van der Waals surface area contributed by atoms with Crippen LogP contribution in [0.5, 0.6) is 11.6 Å². The van der Waals surface area contributed by atoms with Gasteiger partial charge in [-0.25, -0.2) is 27.0 Å². The molecule has 15 heteroatoms. The Balaban J connectivity index is 0.00000576. The van der Waals surface area contributed by atoms with Crippen LogP contribution in [0, 0.1) is 17.6 Å². The number of carbonyl (C=O) groups excluding carboxylic acids is 2. The summed E-state index contributed by atoms with van der Waals surface area (Å²) in [5, 5.41) is 5.36. The topological polar surface area (TPSA) is 156 Å². The maximum Gasteiger partial charge on any atom is 0.319 e. The van der Waals surface area contributed by atoms with Crippen molar-refractivity contribution in [1.29, 1.82) is 0 Å². The molecule has 1 fully saturated rings. The summed E-state index contributed by atoms with van der Waals surface area (Å²) >= 11 is 0. The molecule has 11 nitrogen and oxygen atoms in total. The summed E-state index contributed by atoms with van der Waals surface area (Å²) in [5.74, 6) is -2.00. The number of anilines is 2. The molecule has 46 heavy (non-hydrogen) atoms. The SMILES string of the molecule is CCCCC(NC(=O)Nc1cc(C(N)=O)c(F)cc1F)C1CCN(Cc2ccc(Oc3ccc(NS(C)(=O)=O)cc3)nc2)CC1.Cl. The van der Waals surface area contributed by atoms with Gasteiger partial charge in [-0.3, -0.25) is 14.4 Å². The van der Waals surface area contributed by atoms with Crippen LogP contribution in [0.4, 0.5) is 25.0 Å². The first-order chi connectivity index (χ1) is 21.4. The maximum absolute atomic E-state index is 14.3. The number of unbranched alkanes of at least 4 members (excludes halogenated alkanes) is 1. The van der Waals surface area contributed by atoms with Crippen LogP contribution < -0.4 is 25.8 Å². The van der Waals surface area contributed by atoms with Crippen LogP contribution in [0.2, 0.25) is 0 Å². The fourth-order valence-corrected chi connectivity index (χ4v) is 5.84. The molecule has 250 valence electrons. The van der Waals surface area contributed by atoms with Gasteiger partial charge in [-0.2, -0.15) is 0 Å². The van der Waals surface area contributed by atoms with E-state index in [4.69, 9.17) is 10.5 Å². The summed E-state index contributed by atoms with van der Waals surface area (Å²) in [7, 11) is -3.36. The highest BCUT2D eigenvalue weighted by molar-refractivity contribution is 7.92. The van der Waals surface area contributed by atoms with Gasteiger partial charge in [-0.1, -0.05) is 25.8 Å². The minimum absolute atomic E-state index is 0. The van der Waals surface area contributed by atoms with Crippen molar-refractivity contribution in [3.05, 3.63) is 77.5 Å². The lowest BCUT2D eigenvalue weighted by Crippen LogP contribution is -2.46. The Bertz CT molecular complexity index is 1590. The summed E-state index contributed by atoms with van der Waals surface area (Å²) in [5.41, 5.74) is 5.78. The van der Waals surface area contributed by atoms with E-state index in [1.54, 1.807) is 36.5 Å². The molecule has 0 spiro atoms. The number of nitrogens with one attached hydrogen (secondary N) is 3. The van der Waals surface area contributed by atoms with E-state index in [9.17, 15) is 26.8 Å². The minimum Gasteiger partial charge on any atom is -0.439 e. The normalized spacial score (nSPS) is 14.5. The lowest BCUT2D eigenvalue weighted by molar-refractivity contribution is 0.0996. The molecular weight excluding hydrogens is 642 g/mol. The number of likely N-dealkylation sites (tertiary alicyclic amines) is 1.